The van der Waals surface area contributed by atoms with Gasteiger partial charge in [-0.15, -0.1) is 0 Å². The third-order valence-corrected chi connectivity index (χ3v) is 4.86. The van der Waals surface area contributed by atoms with Crippen LogP contribution in [0.15, 0.2) is 67.0 Å². The van der Waals surface area contributed by atoms with Crippen molar-refractivity contribution in [3.63, 3.8) is 0 Å². The number of benzene rings is 2. The molecule has 0 saturated carbocycles. The van der Waals surface area contributed by atoms with Crippen molar-refractivity contribution in [3.05, 3.63) is 78.1 Å². The number of hydrogen-bond acceptors (Lipinski definition) is 3. The maximum Gasteiger partial charge on any atom is 0.315 e. The third-order valence-electron chi connectivity index (χ3n) is 4.86. The molecule has 0 bridgehead atoms. The summed E-state index contributed by atoms with van der Waals surface area (Å²) in [6.45, 7) is 1.54. The monoisotopic (exact) mass is 389 g/mol. The highest BCUT2D eigenvalue weighted by Crippen LogP contribution is 2.22. The lowest BCUT2D eigenvalue weighted by Gasteiger charge is -2.16. The van der Waals surface area contributed by atoms with Crippen LogP contribution in [0.2, 0.25) is 0 Å². The van der Waals surface area contributed by atoms with Gasteiger partial charge in [-0.05, 0) is 36.2 Å². The van der Waals surface area contributed by atoms with E-state index in [0.717, 1.165) is 35.5 Å². The van der Waals surface area contributed by atoms with Crippen LogP contribution in [-0.2, 0) is 17.9 Å². The molecule has 29 heavy (non-hydrogen) atoms. The Kier molecular flexibility index (Phi) is 5.56. The Morgan fingerprint density at radius 1 is 0.966 bits per heavy atom. The third kappa shape index (κ3) is 4.63. The topological polar surface area (TPSA) is 79.3 Å². The van der Waals surface area contributed by atoms with Gasteiger partial charge >= 0.3 is 6.03 Å². The Morgan fingerprint density at radius 3 is 2.48 bits per heavy atom. The average Bonchev–Trinajstić information content (AvgIpc) is 3.41. The van der Waals surface area contributed by atoms with Crippen molar-refractivity contribution in [2.45, 2.75) is 25.9 Å². The average molecular weight is 389 g/mol. The number of carbonyl (C=O) groups excluding carboxylic acids is 2. The predicted octanol–water partition coefficient (Wildman–Crippen LogP) is 3.00. The molecule has 1 saturated heterocycles. The molecule has 0 unspecified atom stereocenters. The molecule has 2 heterocycles. The second kappa shape index (κ2) is 8.60. The quantitative estimate of drug-likeness (QED) is 0.680. The zero-order valence-corrected chi connectivity index (χ0v) is 16.0. The Labute approximate surface area is 169 Å². The maximum absolute atomic E-state index is 12.1. The van der Waals surface area contributed by atoms with Crippen LogP contribution in [0.5, 0.6) is 0 Å². The minimum atomic E-state index is -0.250. The van der Waals surface area contributed by atoms with Crippen molar-refractivity contribution < 1.29 is 9.59 Å². The van der Waals surface area contributed by atoms with E-state index in [0.29, 0.717) is 19.5 Å². The molecule has 0 spiro atoms. The van der Waals surface area contributed by atoms with Gasteiger partial charge in [0.05, 0.1) is 11.9 Å². The van der Waals surface area contributed by atoms with E-state index in [-0.39, 0.29) is 11.9 Å². The Morgan fingerprint density at radius 2 is 1.72 bits per heavy atom. The van der Waals surface area contributed by atoms with Gasteiger partial charge in [0.25, 0.3) is 0 Å². The molecule has 0 atom stereocenters. The summed E-state index contributed by atoms with van der Waals surface area (Å²) in [7, 11) is 0. The number of para-hydroxylation sites is 1. The zero-order chi connectivity index (χ0) is 20.1. The summed E-state index contributed by atoms with van der Waals surface area (Å²) in [5, 5.41) is 10.0. The van der Waals surface area contributed by atoms with Crippen LogP contribution in [0.3, 0.4) is 0 Å². The van der Waals surface area contributed by atoms with Crippen LogP contribution in [0.1, 0.15) is 24.0 Å². The summed E-state index contributed by atoms with van der Waals surface area (Å²) in [4.78, 5) is 25.8. The molecule has 2 N–H and O–H groups in total. The first-order valence-electron chi connectivity index (χ1n) is 9.69. The lowest BCUT2D eigenvalue weighted by Crippen LogP contribution is -2.34. The molecule has 0 radical (unpaired) electrons. The van der Waals surface area contributed by atoms with E-state index in [1.165, 1.54) is 0 Å². The minimum Gasteiger partial charge on any atom is -0.334 e. The maximum atomic E-state index is 12.1. The van der Waals surface area contributed by atoms with Gasteiger partial charge in [0.1, 0.15) is 0 Å². The Balaban J connectivity index is 1.28. The van der Waals surface area contributed by atoms with Gasteiger partial charge in [-0.25, -0.2) is 9.48 Å². The molecular formula is C22H23N5O2. The van der Waals surface area contributed by atoms with Gasteiger partial charge in [-0.2, -0.15) is 5.10 Å². The number of urea groups is 1. The fourth-order valence-corrected chi connectivity index (χ4v) is 3.36. The van der Waals surface area contributed by atoms with Crippen molar-refractivity contribution in [1.29, 1.82) is 0 Å². The first kappa shape index (κ1) is 18.7. The smallest absolute Gasteiger partial charge is 0.315 e. The fraction of sp³-hybridized carbons (Fsp3) is 0.227. The van der Waals surface area contributed by atoms with Crippen LogP contribution in [0.25, 0.3) is 5.69 Å². The summed E-state index contributed by atoms with van der Waals surface area (Å²) >= 11 is 0. The zero-order valence-electron chi connectivity index (χ0n) is 16.0. The first-order chi connectivity index (χ1) is 14.2. The number of nitrogens with zero attached hydrogens (tertiary/aromatic N) is 3. The number of carbonyl (C=O) groups is 2. The number of nitrogens with one attached hydrogen (secondary N) is 2. The van der Waals surface area contributed by atoms with Crippen molar-refractivity contribution >= 4 is 17.6 Å². The van der Waals surface area contributed by atoms with Crippen LogP contribution in [0.4, 0.5) is 10.5 Å². The van der Waals surface area contributed by atoms with Crippen LogP contribution in [0, 0.1) is 0 Å². The van der Waals surface area contributed by atoms with Crippen molar-refractivity contribution in [3.8, 4) is 5.69 Å². The van der Waals surface area contributed by atoms with Crippen LogP contribution < -0.4 is 15.5 Å². The molecule has 1 aliphatic heterocycles. The van der Waals surface area contributed by atoms with E-state index in [4.69, 9.17) is 0 Å². The van der Waals surface area contributed by atoms with Gasteiger partial charge in [-0.3, -0.25) is 4.79 Å². The van der Waals surface area contributed by atoms with Gasteiger partial charge in [0.15, 0.2) is 0 Å². The number of amides is 3. The van der Waals surface area contributed by atoms with E-state index < -0.39 is 0 Å². The summed E-state index contributed by atoms with van der Waals surface area (Å²) in [5.41, 5.74) is 3.73. The molecule has 0 aliphatic carbocycles. The van der Waals surface area contributed by atoms with Crippen molar-refractivity contribution in [2.24, 2.45) is 0 Å². The van der Waals surface area contributed by atoms with Crippen LogP contribution >= 0.6 is 0 Å². The summed E-state index contributed by atoms with van der Waals surface area (Å²) in [5.74, 6) is 0.156. The van der Waals surface area contributed by atoms with E-state index in [9.17, 15) is 9.59 Å². The Hall–Kier alpha value is -3.61. The van der Waals surface area contributed by atoms with Gasteiger partial charge in [0, 0.05) is 43.5 Å². The summed E-state index contributed by atoms with van der Waals surface area (Å²) in [6.07, 6.45) is 5.13. The van der Waals surface area contributed by atoms with Crippen LogP contribution in [-0.4, -0.2) is 28.3 Å². The highest BCUT2D eigenvalue weighted by Gasteiger charge is 2.21. The number of anilines is 1. The predicted molar refractivity (Wildman–Crippen MR) is 111 cm³/mol. The van der Waals surface area contributed by atoms with Gasteiger partial charge in [0.2, 0.25) is 5.91 Å². The highest BCUT2D eigenvalue weighted by atomic mass is 16.2. The van der Waals surface area contributed by atoms with Gasteiger partial charge in [-0.1, -0.05) is 30.3 Å². The second-order valence-corrected chi connectivity index (χ2v) is 6.98. The lowest BCUT2D eigenvalue weighted by molar-refractivity contribution is -0.117. The standard InChI is InChI=1S/C22H23N5O2/c28-21-10-5-11-26(21)20-9-4-6-17(12-20)13-23-22(29)24-14-18-15-25-27(16-18)19-7-2-1-3-8-19/h1-4,6-9,12,15-16H,5,10-11,13-14H2,(H2,23,24,29). The fourth-order valence-electron chi connectivity index (χ4n) is 3.36. The number of hydrogen-bond donors (Lipinski definition) is 2. The normalized spacial score (nSPS) is 13.5. The second-order valence-electron chi connectivity index (χ2n) is 6.98. The number of aromatic nitrogens is 2. The minimum absolute atomic E-state index is 0.156. The molecule has 3 amide bonds. The Bertz CT molecular complexity index is 999. The number of rotatable bonds is 6. The molecule has 2 aromatic carbocycles. The van der Waals surface area contributed by atoms with E-state index in [1.54, 1.807) is 15.8 Å². The van der Waals surface area contributed by atoms with E-state index in [2.05, 4.69) is 15.7 Å². The van der Waals surface area contributed by atoms with Crippen molar-refractivity contribution in [2.75, 3.05) is 11.4 Å². The van der Waals surface area contributed by atoms with E-state index >= 15 is 0 Å². The summed E-state index contributed by atoms with van der Waals surface area (Å²) < 4.78 is 1.78. The molecule has 1 fully saturated rings. The van der Waals surface area contributed by atoms with E-state index in [1.807, 2.05) is 60.8 Å². The van der Waals surface area contributed by atoms with Crippen molar-refractivity contribution in [1.82, 2.24) is 20.4 Å². The largest absolute Gasteiger partial charge is 0.334 e. The molecule has 7 nitrogen and oxygen atoms in total. The molecule has 4 rings (SSSR count). The SMILES string of the molecule is O=C(NCc1cccc(N2CCCC2=O)c1)NCc1cnn(-c2ccccc2)c1. The molecule has 1 aliphatic rings. The summed E-state index contributed by atoms with van der Waals surface area (Å²) in [6, 6.07) is 17.3. The molecular weight excluding hydrogens is 366 g/mol. The molecule has 148 valence electrons. The first-order valence-corrected chi connectivity index (χ1v) is 9.69. The molecule has 7 heteroatoms. The molecule has 3 aromatic rings. The van der Waals surface area contributed by atoms with Gasteiger partial charge < -0.3 is 15.5 Å². The lowest BCUT2D eigenvalue weighted by atomic mass is 10.2. The molecule has 1 aromatic heterocycles. The highest BCUT2D eigenvalue weighted by molar-refractivity contribution is 5.95.